The molecule has 8 nitrogen and oxygen atoms in total. The van der Waals surface area contributed by atoms with Gasteiger partial charge in [0.1, 0.15) is 0 Å². The molecule has 138 valence electrons. The van der Waals surface area contributed by atoms with Gasteiger partial charge in [-0.05, 0) is 36.5 Å². The molecule has 3 N–H and O–H groups in total. The van der Waals surface area contributed by atoms with E-state index in [0.717, 1.165) is 19.5 Å². The van der Waals surface area contributed by atoms with E-state index in [2.05, 4.69) is 29.1 Å². The number of benzene rings is 1. The van der Waals surface area contributed by atoms with Crippen LogP contribution in [-0.4, -0.2) is 28.0 Å². The molecule has 0 unspecified atom stereocenters. The summed E-state index contributed by atoms with van der Waals surface area (Å²) in [5.41, 5.74) is 6.14. The minimum absolute atomic E-state index is 0.0608. The maximum absolute atomic E-state index is 11.5. The first-order valence-electron chi connectivity index (χ1n) is 8.43. The minimum Gasteiger partial charge on any atom is -0.378 e. The first kappa shape index (κ1) is 18.2. The van der Waals surface area contributed by atoms with Gasteiger partial charge < -0.3 is 16.0 Å². The van der Waals surface area contributed by atoms with Crippen LogP contribution in [-0.2, 0) is 0 Å². The fourth-order valence-electron chi connectivity index (χ4n) is 3.40. The average molecular weight is 377 g/mol. The molecule has 0 aliphatic carbocycles. The van der Waals surface area contributed by atoms with Gasteiger partial charge in [-0.2, -0.15) is 9.97 Å². The van der Waals surface area contributed by atoms with E-state index in [1.165, 1.54) is 0 Å². The molecule has 26 heavy (non-hydrogen) atoms. The highest BCUT2D eigenvalue weighted by Crippen LogP contribution is 2.34. The quantitative estimate of drug-likeness (QED) is 0.615. The van der Waals surface area contributed by atoms with E-state index in [1.54, 1.807) is 24.3 Å². The Morgan fingerprint density at radius 2 is 2.00 bits per heavy atom. The molecule has 1 aromatic heterocycles. The standard InChI is InChI=1S/C17H21ClN6O2/c1-10-6-11(2)9-23(8-10)17-21-15(19)14(24(25)26)16(22-17)20-13-5-3-4-12(18)7-13/h3-5,7,10-11H,6,8-9H2,1-2H3,(H3,19,20,21,22)/t10-,11-/m0/s1. The predicted octanol–water partition coefficient (Wildman–Crippen LogP) is 3.85. The second kappa shape index (κ2) is 7.33. The van der Waals surface area contributed by atoms with E-state index in [4.69, 9.17) is 17.3 Å². The Bertz CT molecular complexity index is 821. The summed E-state index contributed by atoms with van der Waals surface area (Å²) in [5.74, 6) is 1.28. The van der Waals surface area contributed by atoms with Gasteiger partial charge in [0.2, 0.25) is 17.6 Å². The van der Waals surface area contributed by atoms with Crippen molar-refractivity contribution in [3.8, 4) is 0 Å². The van der Waals surface area contributed by atoms with Crippen LogP contribution >= 0.6 is 11.6 Å². The molecule has 1 fully saturated rings. The molecular formula is C17H21ClN6O2. The zero-order valence-electron chi connectivity index (χ0n) is 14.6. The van der Waals surface area contributed by atoms with Crippen LogP contribution in [0.5, 0.6) is 0 Å². The fourth-order valence-corrected chi connectivity index (χ4v) is 3.59. The Morgan fingerprint density at radius 3 is 2.62 bits per heavy atom. The summed E-state index contributed by atoms with van der Waals surface area (Å²) < 4.78 is 0. The number of rotatable bonds is 4. The molecule has 2 heterocycles. The normalized spacial score (nSPS) is 20.0. The van der Waals surface area contributed by atoms with Crippen LogP contribution < -0.4 is 16.0 Å². The summed E-state index contributed by atoms with van der Waals surface area (Å²) in [7, 11) is 0. The van der Waals surface area contributed by atoms with Gasteiger partial charge in [-0.25, -0.2) is 0 Å². The van der Waals surface area contributed by atoms with Crippen molar-refractivity contribution < 1.29 is 4.92 Å². The van der Waals surface area contributed by atoms with Crippen molar-refractivity contribution in [3.63, 3.8) is 0 Å². The van der Waals surface area contributed by atoms with Crippen LogP contribution in [0.4, 0.5) is 29.0 Å². The van der Waals surface area contributed by atoms with Crippen LogP contribution in [0.2, 0.25) is 5.02 Å². The van der Waals surface area contributed by atoms with Gasteiger partial charge in [-0.3, -0.25) is 10.1 Å². The van der Waals surface area contributed by atoms with Crippen LogP contribution in [0.15, 0.2) is 24.3 Å². The fraction of sp³-hybridized carbons (Fsp3) is 0.412. The molecule has 2 aromatic rings. The Balaban J connectivity index is 2.00. The third-order valence-corrected chi connectivity index (χ3v) is 4.56. The average Bonchev–Trinajstić information content (AvgIpc) is 2.53. The molecule has 0 saturated carbocycles. The number of hydrogen-bond acceptors (Lipinski definition) is 7. The first-order chi connectivity index (χ1) is 12.3. The number of nitrogens with zero attached hydrogens (tertiary/aromatic N) is 4. The van der Waals surface area contributed by atoms with Gasteiger partial charge in [0.15, 0.2) is 0 Å². The number of nitrogens with one attached hydrogen (secondary N) is 1. The van der Waals surface area contributed by atoms with Crippen molar-refractivity contribution in [1.29, 1.82) is 0 Å². The van der Waals surface area contributed by atoms with Crippen molar-refractivity contribution in [1.82, 2.24) is 9.97 Å². The molecule has 2 atom stereocenters. The molecule has 1 aliphatic rings. The van der Waals surface area contributed by atoms with Gasteiger partial charge in [-0.1, -0.05) is 31.5 Å². The molecule has 0 spiro atoms. The molecule has 0 amide bonds. The van der Waals surface area contributed by atoms with Crippen molar-refractivity contribution in [2.45, 2.75) is 20.3 Å². The monoisotopic (exact) mass is 376 g/mol. The van der Waals surface area contributed by atoms with Crippen LogP contribution in [0.1, 0.15) is 20.3 Å². The molecule has 3 rings (SSSR count). The predicted molar refractivity (Wildman–Crippen MR) is 103 cm³/mol. The summed E-state index contributed by atoms with van der Waals surface area (Å²) in [6, 6.07) is 6.88. The van der Waals surface area contributed by atoms with Crippen molar-refractivity contribution in [2.24, 2.45) is 11.8 Å². The minimum atomic E-state index is -0.576. The lowest BCUT2D eigenvalue weighted by atomic mass is 9.92. The topological polar surface area (TPSA) is 110 Å². The Hall–Kier alpha value is -2.61. The summed E-state index contributed by atoms with van der Waals surface area (Å²) in [4.78, 5) is 21.5. The zero-order valence-corrected chi connectivity index (χ0v) is 15.4. The highest BCUT2D eigenvalue weighted by molar-refractivity contribution is 6.30. The third kappa shape index (κ3) is 3.96. The van der Waals surface area contributed by atoms with Crippen molar-refractivity contribution in [2.75, 3.05) is 29.0 Å². The molecular weight excluding hydrogens is 356 g/mol. The number of hydrogen-bond donors (Lipinski definition) is 2. The molecule has 0 bridgehead atoms. The Morgan fingerprint density at radius 1 is 1.31 bits per heavy atom. The van der Waals surface area contributed by atoms with E-state index < -0.39 is 4.92 Å². The van der Waals surface area contributed by atoms with E-state index in [0.29, 0.717) is 28.5 Å². The second-order valence-electron chi connectivity index (χ2n) is 6.85. The van der Waals surface area contributed by atoms with Gasteiger partial charge in [0, 0.05) is 23.8 Å². The van der Waals surface area contributed by atoms with E-state index in [-0.39, 0.29) is 17.3 Å². The number of nitrogens with two attached hydrogens (primary N) is 1. The lowest BCUT2D eigenvalue weighted by molar-refractivity contribution is -0.383. The molecule has 1 aliphatic heterocycles. The third-order valence-electron chi connectivity index (χ3n) is 4.32. The van der Waals surface area contributed by atoms with Crippen LogP contribution in [0.3, 0.4) is 0 Å². The van der Waals surface area contributed by atoms with E-state index in [1.807, 2.05) is 4.90 Å². The number of nitro groups is 1. The van der Waals surface area contributed by atoms with Crippen LogP contribution in [0, 0.1) is 22.0 Å². The Kier molecular flexibility index (Phi) is 5.13. The molecule has 1 aromatic carbocycles. The summed E-state index contributed by atoms with van der Waals surface area (Å²) in [6.07, 6.45) is 1.13. The summed E-state index contributed by atoms with van der Waals surface area (Å²) in [5, 5.41) is 14.9. The van der Waals surface area contributed by atoms with Gasteiger partial charge in [-0.15, -0.1) is 0 Å². The maximum atomic E-state index is 11.5. The molecule has 0 radical (unpaired) electrons. The summed E-state index contributed by atoms with van der Waals surface area (Å²) >= 11 is 5.99. The van der Waals surface area contributed by atoms with Crippen molar-refractivity contribution in [3.05, 3.63) is 39.4 Å². The number of aromatic nitrogens is 2. The lowest BCUT2D eigenvalue weighted by Gasteiger charge is -2.35. The van der Waals surface area contributed by atoms with Crippen LogP contribution in [0.25, 0.3) is 0 Å². The number of anilines is 4. The molecule has 1 saturated heterocycles. The highest BCUT2D eigenvalue weighted by Gasteiger charge is 2.28. The number of nitrogen functional groups attached to an aromatic ring is 1. The second-order valence-corrected chi connectivity index (χ2v) is 7.29. The van der Waals surface area contributed by atoms with Gasteiger partial charge in [0.25, 0.3) is 0 Å². The van der Waals surface area contributed by atoms with Gasteiger partial charge >= 0.3 is 5.69 Å². The maximum Gasteiger partial charge on any atom is 0.353 e. The lowest BCUT2D eigenvalue weighted by Crippen LogP contribution is -2.39. The SMILES string of the molecule is C[C@H]1C[C@H](C)CN(c2nc(N)c([N+](=O)[O-])c(Nc3cccc(Cl)c3)n2)C1. The van der Waals surface area contributed by atoms with E-state index in [9.17, 15) is 10.1 Å². The Labute approximate surface area is 156 Å². The van der Waals surface area contributed by atoms with Crippen molar-refractivity contribution >= 4 is 40.6 Å². The number of piperidine rings is 1. The number of halogens is 1. The largest absolute Gasteiger partial charge is 0.378 e. The first-order valence-corrected chi connectivity index (χ1v) is 8.80. The molecule has 9 heteroatoms. The van der Waals surface area contributed by atoms with E-state index >= 15 is 0 Å². The smallest absolute Gasteiger partial charge is 0.353 e. The summed E-state index contributed by atoms with van der Waals surface area (Å²) in [6.45, 7) is 5.92. The highest BCUT2D eigenvalue weighted by atomic mass is 35.5. The van der Waals surface area contributed by atoms with Gasteiger partial charge in [0.05, 0.1) is 4.92 Å². The zero-order chi connectivity index (χ0) is 18.8.